The van der Waals surface area contributed by atoms with Crippen LogP contribution in [0.4, 0.5) is 18.9 Å². The zero-order valence-electron chi connectivity index (χ0n) is 14.4. The van der Waals surface area contributed by atoms with Crippen LogP contribution in [0, 0.1) is 0 Å². The van der Waals surface area contributed by atoms with Gasteiger partial charge in [0.05, 0.1) is 21.6 Å². The van der Waals surface area contributed by atoms with Crippen molar-refractivity contribution in [2.24, 2.45) is 5.11 Å². The molecule has 1 heterocycles. The van der Waals surface area contributed by atoms with Crippen molar-refractivity contribution in [3.63, 3.8) is 0 Å². The molecule has 3 rings (SSSR count). The molecule has 2 aromatic carbocycles. The minimum atomic E-state index is -4.60. The number of halogens is 7. The van der Waals surface area contributed by atoms with Gasteiger partial charge in [-0.2, -0.15) is 13.2 Å². The van der Waals surface area contributed by atoms with Gasteiger partial charge in [-0.05, 0) is 47.0 Å². The molecule has 0 fully saturated rings. The molecule has 0 aromatic heterocycles. The molecule has 0 saturated heterocycles. The van der Waals surface area contributed by atoms with E-state index in [1.165, 1.54) is 23.2 Å². The number of benzene rings is 2. The first-order chi connectivity index (χ1) is 13.6. The van der Waals surface area contributed by atoms with Crippen LogP contribution in [0.3, 0.4) is 0 Å². The Morgan fingerprint density at radius 2 is 1.83 bits per heavy atom. The van der Waals surface area contributed by atoms with Gasteiger partial charge < -0.3 is 4.90 Å². The van der Waals surface area contributed by atoms with Crippen molar-refractivity contribution in [2.75, 3.05) is 11.4 Å². The molecule has 11 heteroatoms. The summed E-state index contributed by atoms with van der Waals surface area (Å²) in [6.07, 6.45) is -2.14. The van der Waals surface area contributed by atoms with Gasteiger partial charge in [-0.1, -0.05) is 61.9 Å². The van der Waals surface area contributed by atoms with Crippen molar-refractivity contribution in [1.29, 1.82) is 0 Å². The molecule has 1 aliphatic rings. The van der Waals surface area contributed by atoms with Gasteiger partial charge in [0, 0.05) is 27.8 Å². The fourth-order valence-corrected chi connectivity index (χ4v) is 4.16. The number of alkyl halides is 3. The van der Waals surface area contributed by atoms with Crippen LogP contribution in [0.5, 0.6) is 0 Å². The van der Waals surface area contributed by atoms with E-state index in [-0.39, 0.29) is 27.2 Å². The Kier molecular flexibility index (Phi) is 6.32. The molecule has 0 aliphatic carbocycles. The van der Waals surface area contributed by atoms with Gasteiger partial charge in [0.1, 0.15) is 5.41 Å². The van der Waals surface area contributed by atoms with Crippen molar-refractivity contribution in [1.82, 2.24) is 0 Å². The second-order valence-corrected chi connectivity index (χ2v) is 8.38. The summed E-state index contributed by atoms with van der Waals surface area (Å²) < 4.78 is 43.2. The second kappa shape index (κ2) is 8.28. The number of hydrogen-bond acceptors (Lipinski definition) is 2. The van der Waals surface area contributed by atoms with E-state index >= 15 is 0 Å². The SMILES string of the molecule is [N-]=[N+]=NCc1ccc(N2C=CC(c3cc(Cl)c(Cl)c(Cl)c3)(C(F)(F)F)C2)cc1Br. The molecule has 1 unspecified atom stereocenters. The number of rotatable bonds is 4. The van der Waals surface area contributed by atoms with Crippen molar-refractivity contribution < 1.29 is 13.2 Å². The van der Waals surface area contributed by atoms with E-state index in [2.05, 4.69) is 26.0 Å². The average molecular weight is 527 g/mol. The van der Waals surface area contributed by atoms with Crippen LogP contribution in [-0.4, -0.2) is 12.7 Å². The molecule has 0 radical (unpaired) electrons. The Morgan fingerprint density at radius 3 is 2.38 bits per heavy atom. The van der Waals surface area contributed by atoms with Crippen molar-refractivity contribution in [3.05, 3.63) is 83.7 Å². The van der Waals surface area contributed by atoms with Crippen LogP contribution < -0.4 is 4.90 Å². The highest BCUT2D eigenvalue weighted by Gasteiger charge is 2.57. The standard InChI is InChI=1S/C18H11BrCl3F3N4/c19-13-7-12(2-1-10(13)8-27-28-26)29-4-3-17(9-29,18(23,24)25)11-5-14(20)16(22)15(21)6-11/h1-7H,8-9H2. The first-order valence-corrected chi connectivity index (χ1v) is 9.99. The van der Waals surface area contributed by atoms with Crippen molar-refractivity contribution in [3.8, 4) is 0 Å². The van der Waals surface area contributed by atoms with E-state index in [0.29, 0.717) is 15.7 Å². The third kappa shape index (κ3) is 4.18. The third-order valence-electron chi connectivity index (χ3n) is 4.64. The fraction of sp³-hybridized carbons (Fsp3) is 0.222. The Labute approximate surface area is 187 Å². The zero-order chi connectivity index (χ0) is 21.4. The van der Waals surface area contributed by atoms with E-state index in [1.54, 1.807) is 18.2 Å². The molecular weight excluding hydrogens is 515 g/mol. The van der Waals surface area contributed by atoms with Gasteiger partial charge >= 0.3 is 6.18 Å². The van der Waals surface area contributed by atoms with Gasteiger partial charge in [0.25, 0.3) is 0 Å². The lowest BCUT2D eigenvalue weighted by atomic mass is 9.80. The second-order valence-electron chi connectivity index (χ2n) is 6.33. The summed E-state index contributed by atoms with van der Waals surface area (Å²) in [5, 5.41) is 3.40. The maximum Gasteiger partial charge on any atom is 0.403 e. The lowest BCUT2D eigenvalue weighted by Crippen LogP contribution is -2.45. The van der Waals surface area contributed by atoms with Crippen LogP contribution in [0.15, 0.2) is 52.2 Å². The Balaban J connectivity index is 2.00. The molecule has 29 heavy (non-hydrogen) atoms. The highest BCUT2D eigenvalue weighted by atomic mass is 79.9. The van der Waals surface area contributed by atoms with E-state index in [9.17, 15) is 13.2 Å². The first kappa shape index (κ1) is 22.1. The molecule has 2 aromatic rings. The quantitative estimate of drug-likeness (QED) is 0.172. The van der Waals surface area contributed by atoms with E-state index in [0.717, 1.165) is 6.08 Å². The summed E-state index contributed by atoms with van der Waals surface area (Å²) in [6, 6.07) is 7.39. The first-order valence-electron chi connectivity index (χ1n) is 8.06. The Bertz CT molecular complexity index is 1010. The number of azide groups is 1. The molecule has 4 nitrogen and oxygen atoms in total. The van der Waals surface area contributed by atoms with E-state index < -0.39 is 18.1 Å². The maximum atomic E-state index is 14.2. The summed E-state index contributed by atoms with van der Waals surface area (Å²) in [5.41, 5.74) is 7.29. The minimum absolute atomic E-state index is 0.00721. The van der Waals surface area contributed by atoms with Gasteiger partial charge in [0.2, 0.25) is 0 Å². The summed E-state index contributed by atoms with van der Waals surface area (Å²) in [5.74, 6) is 0. The molecule has 0 bridgehead atoms. The summed E-state index contributed by atoms with van der Waals surface area (Å²) >= 11 is 21.2. The van der Waals surface area contributed by atoms with Crippen molar-refractivity contribution in [2.45, 2.75) is 18.1 Å². The molecule has 1 atom stereocenters. The smallest absolute Gasteiger partial charge is 0.347 e. The molecule has 0 spiro atoms. The topological polar surface area (TPSA) is 52.0 Å². The van der Waals surface area contributed by atoms with Gasteiger partial charge in [-0.3, -0.25) is 0 Å². The van der Waals surface area contributed by atoms with Gasteiger partial charge in [-0.15, -0.1) is 0 Å². The zero-order valence-corrected chi connectivity index (χ0v) is 18.2. The molecule has 0 saturated carbocycles. The normalized spacial score (nSPS) is 18.8. The van der Waals surface area contributed by atoms with Gasteiger partial charge in [-0.25, -0.2) is 0 Å². The monoisotopic (exact) mass is 524 g/mol. The molecule has 152 valence electrons. The number of nitrogens with zero attached hydrogens (tertiary/aromatic N) is 4. The Hall–Kier alpha value is -1.57. The summed E-state index contributed by atoms with van der Waals surface area (Å²) in [7, 11) is 0. The largest absolute Gasteiger partial charge is 0.403 e. The molecule has 0 amide bonds. The number of hydrogen-bond donors (Lipinski definition) is 0. The van der Waals surface area contributed by atoms with Gasteiger partial charge in [0.15, 0.2) is 0 Å². The van der Waals surface area contributed by atoms with Crippen molar-refractivity contribution >= 4 is 56.4 Å². The predicted octanol–water partition coefficient (Wildman–Crippen LogP) is 8.05. The lowest BCUT2D eigenvalue weighted by Gasteiger charge is -2.33. The maximum absolute atomic E-state index is 14.2. The highest BCUT2D eigenvalue weighted by Crippen LogP contribution is 2.49. The molecule has 1 aliphatic heterocycles. The van der Waals surface area contributed by atoms with E-state index in [1.807, 2.05) is 0 Å². The molecule has 0 N–H and O–H groups in total. The minimum Gasteiger partial charge on any atom is -0.347 e. The van der Waals surface area contributed by atoms with Crippen LogP contribution >= 0.6 is 50.7 Å². The average Bonchev–Trinajstić information content (AvgIpc) is 3.11. The molecular formula is C18H11BrCl3F3N4. The third-order valence-corrected chi connectivity index (χ3v) is 6.57. The van der Waals surface area contributed by atoms with E-state index in [4.69, 9.17) is 40.3 Å². The predicted molar refractivity (Wildman–Crippen MR) is 113 cm³/mol. The van der Waals surface area contributed by atoms with Crippen LogP contribution in [0.2, 0.25) is 15.1 Å². The summed E-state index contributed by atoms with van der Waals surface area (Å²) in [4.78, 5) is 4.18. The van der Waals surface area contributed by atoms with Crippen LogP contribution in [-0.2, 0) is 12.0 Å². The fourth-order valence-electron chi connectivity index (χ4n) is 3.07. The highest BCUT2D eigenvalue weighted by molar-refractivity contribution is 9.10. The summed E-state index contributed by atoms with van der Waals surface area (Å²) in [6.45, 7) is -0.269. The van der Waals surface area contributed by atoms with Crippen LogP contribution in [0.25, 0.3) is 10.4 Å². The van der Waals surface area contributed by atoms with Crippen LogP contribution in [0.1, 0.15) is 11.1 Å². The Morgan fingerprint density at radius 1 is 1.17 bits per heavy atom. The lowest BCUT2D eigenvalue weighted by molar-refractivity contribution is -0.171. The number of anilines is 1.